The second-order valence-electron chi connectivity index (χ2n) is 3.79. The largest absolute Gasteiger partial charge is 0.294 e. The number of hydrogen-bond donors (Lipinski definition) is 0. The maximum absolute atomic E-state index is 11.9. The number of hydrogen-bond acceptors (Lipinski definition) is 2. The van der Waals surface area contributed by atoms with Gasteiger partial charge in [0.1, 0.15) is 0 Å². The average molecular weight is 211 g/mol. The monoisotopic (exact) mass is 211 g/mol. The van der Waals surface area contributed by atoms with Crippen LogP contribution in [0.3, 0.4) is 0 Å². The Balaban J connectivity index is 2.14. The number of carbonyl (C=O) groups is 1. The first-order chi connectivity index (χ1) is 7.75. The van der Waals surface area contributed by atoms with E-state index in [2.05, 4.69) is 4.98 Å². The van der Waals surface area contributed by atoms with E-state index in [9.17, 15) is 4.79 Å². The first-order valence-electron chi connectivity index (χ1n) is 5.25. The molecule has 0 atom stereocenters. The van der Waals surface area contributed by atoms with Crippen LogP contribution in [0.4, 0.5) is 0 Å². The molecule has 2 rings (SSSR count). The Morgan fingerprint density at radius 1 is 1.19 bits per heavy atom. The second kappa shape index (κ2) is 4.71. The van der Waals surface area contributed by atoms with Crippen LogP contribution in [0.15, 0.2) is 48.7 Å². The lowest BCUT2D eigenvalue weighted by molar-refractivity contribution is 0.0992. The van der Waals surface area contributed by atoms with E-state index in [1.807, 2.05) is 49.4 Å². The van der Waals surface area contributed by atoms with E-state index in [4.69, 9.17) is 0 Å². The van der Waals surface area contributed by atoms with Gasteiger partial charge in [0.15, 0.2) is 5.78 Å². The smallest absolute Gasteiger partial charge is 0.168 e. The number of benzene rings is 1. The molecule has 0 amide bonds. The van der Waals surface area contributed by atoms with Crippen molar-refractivity contribution in [2.24, 2.45) is 0 Å². The van der Waals surface area contributed by atoms with Crippen molar-refractivity contribution < 1.29 is 4.79 Å². The summed E-state index contributed by atoms with van der Waals surface area (Å²) in [6.45, 7) is 2.00. The summed E-state index contributed by atoms with van der Waals surface area (Å²) in [5.74, 6) is 0.110. The minimum atomic E-state index is 0.110. The van der Waals surface area contributed by atoms with Gasteiger partial charge in [0.25, 0.3) is 0 Å². The summed E-state index contributed by atoms with van der Waals surface area (Å²) in [6.07, 6.45) is 2.11. The zero-order valence-electron chi connectivity index (χ0n) is 9.18. The molecule has 0 aliphatic heterocycles. The molecule has 0 aliphatic carbocycles. The summed E-state index contributed by atoms with van der Waals surface area (Å²) < 4.78 is 0. The van der Waals surface area contributed by atoms with Crippen molar-refractivity contribution in [3.63, 3.8) is 0 Å². The van der Waals surface area contributed by atoms with Gasteiger partial charge in [-0.15, -0.1) is 0 Å². The SMILES string of the molecule is Cc1ccnc(CC(=O)c2ccccc2)c1. The maximum Gasteiger partial charge on any atom is 0.168 e. The molecule has 2 heteroatoms. The van der Waals surface area contributed by atoms with Gasteiger partial charge in [-0.05, 0) is 24.6 Å². The van der Waals surface area contributed by atoms with Crippen molar-refractivity contribution in [3.05, 3.63) is 65.5 Å². The molecular formula is C14H13NO. The van der Waals surface area contributed by atoms with Gasteiger partial charge in [-0.25, -0.2) is 0 Å². The number of aryl methyl sites for hydroxylation is 1. The Morgan fingerprint density at radius 2 is 1.94 bits per heavy atom. The fraction of sp³-hybridized carbons (Fsp3) is 0.143. The van der Waals surface area contributed by atoms with Crippen molar-refractivity contribution in [1.82, 2.24) is 4.98 Å². The van der Waals surface area contributed by atoms with Crippen LogP contribution < -0.4 is 0 Å². The first kappa shape index (κ1) is 10.6. The second-order valence-corrected chi connectivity index (χ2v) is 3.79. The predicted molar refractivity (Wildman–Crippen MR) is 63.5 cm³/mol. The highest BCUT2D eigenvalue weighted by Crippen LogP contribution is 2.06. The average Bonchev–Trinajstić information content (AvgIpc) is 2.30. The lowest BCUT2D eigenvalue weighted by atomic mass is 10.1. The molecule has 0 N–H and O–H groups in total. The summed E-state index contributed by atoms with van der Waals surface area (Å²) in [5, 5.41) is 0. The van der Waals surface area contributed by atoms with E-state index >= 15 is 0 Å². The van der Waals surface area contributed by atoms with Crippen LogP contribution in [-0.4, -0.2) is 10.8 Å². The number of aromatic nitrogens is 1. The topological polar surface area (TPSA) is 30.0 Å². The Hall–Kier alpha value is -1.96. The van der Waals surface area contributed by atoms with Crippen LogP contribution in [0.1, 0.15) is 21.6 Å². The molecule has 1 aromatic carbocycles. The number of ketones is 1. The highest BCUT2D eigenvalue weighted by molar-refractivity contribution is 5.97. The molecule has 0 unspecified atom stereocenters. The van der Waals surface area contributed by atoms with E-state index < -0.39 is 0 Å². The highest BCUT2D eigenvalue weighted by Gasteiger charge is 2.06. The summed E-state index contributed by atoms with van der Waals surface area (Å²) in [4.78, 5) is 16.1. The van der Waals surface area contributed by atoms with Crippen LogP contribution in [0.25, 0.3) is 0 Å². The summed E-state index contributed by atoms with van der Waals surface area (Å²) >= 11 is 0. The molecular weight excluding hydrogens is 198 g/mol. The normalized spacial score (nSPS) is 10.1. The quantitative estimate of drug-likeness (QED) is 0.731. The van der Waals surface area contributed by atoms with Crippen molar-refractivity contribution in [3.8, 4) is 0 Å². The number of nitrogens with zero attached hydrogens (tertiary/aromatic N) is 1. The first-order valence-corrected chi connectivity index (χ1v) is 5.25. The Morgan fingerprint density at radius 3 is 2.62 bits per heavy atom. The molecule has 2 aromatic rings. The zero-order chi connectivity index (χ0) is 11.4. The minimum Gasteiger partial charge on any atom is -0.294 e. The maximum atomic E-state index is 11.9. The lowest BCUT2D eigenvalue weighted by Gasteiger charge is -2.01. The predicted octanol–water partition coefficient (Wildman–Crippen LogP) is 2.82. The molecule has 80 valence electrons. The zero-order valence-corrected chi connectivity index (χ0v) is 9.18. The van der Waals surface area contributed by atoms with Gasteiger partial charge in [0, 0.05) is 17.5 Å². The van der Waals surface area contributed by atoms with Crippen LogP contribution in [-0.2, 0) is 6.42 Å². The van der Waals surface area contributed by atoms with Crippen molar-refractivity contribution >= 4 is 5.78 Å². The van der Waals surface area contributed by atoms with Gasteiger partial charge in [0.05, 0.1) is 6.42 Å². The molecule has 0 spiro atoms. The highest BCUT2D eigenvalue weighted by atomic mass is 16.1. The molecule has 1 aromatic heterocycles. The summed E-state index contributed by atoms with van der Waals surface area (Å²) in [5.41, 5.74) is 2.70. The minimum absolute atomic E-state index is 0.110. The Labute approximate surface area is 95.0 Å². The lowest BCUT2D eigenvalue weighted by Crippen LogP contribution is -2.04. The van der Waals surface area contributed by atoms with Gasteiger partial charge in [-0.2, -0.15) is 0 Å². The van der Waals surface area contributed by atoms with Gasteiger partial charge < -0.3 is 0 Å². The molecule has 0 saturated carbocycles. The van der Waals surface area contributed by atoms with Gasteiger partial charge in [-0.1, -0.05) is 30.3 Å². The number of pyridine rings is 1. The standard InChI is InChI=1S/C14H13NO/c1-11-7-8-15-13(9-11)10-14(16)12-5-3-2-4-6-12/h2-9H,10H2,1H3. The molecule has 0 saturated heterocycles. The van der Waals surface area contributed by atoms with Crippen molar-refractivity contribution in [2.75, 3.05) is 0 Å². The third-order valence-electron chi connectivity index (χ3n) is 2.41. The molecule has 0 bridgehead atoms. The van der Waals surface area contributed by atoms with Gasteiger partial charge in [-0.3, -0.25) is 9.78 Å². The molecule has 2 nitrogen and oxygen atoms in total. The summed E-state index contributed by atoms with van der Waals surface area (Å²) in [6, 6.07) is 13.2. The fourth-order valence-electron chi connectivity index (χ4n) is 1.59. The molecule has 1 heterocycles. The third kappa shape index (κ3) is 2.54. The Kier molecular flexibility index (Phi) is 3.10. The van der Waals surface area contributed by atoms with Crippen molar-refractivity contribution in [2.45, 2.75) is 13.3 Å². The van der Waals surface area contributed by atoms with Crippen LogP contribution in [0.5, 0.6) is 0 Å². The summed E-state index contributed by atoms with van der Waals surface area (Å²) in [7, 11) is 0. The fourth-order valence-corrected chi connectivity index (χ4v) is 1.59. The van der Waals surface area contributed by atoms with Crippen LogP contribution >= 0.6 is 0 Å². The van der Waals surface area contributed by atoms with Gasteiger partial charge in [0.2, 0.25) is 0 Å². The van der Waals surface area contributed by atoms with Crippen LogP contribution in [0, 0.1) is 6.92 Å². The Bertz CT molecular complexity index is 491. The number of carbonyl (C=O) groups excluding carboxylic acids is 1. The van der Waals surface area contributed by atoms with E-state index in [1.54, 1.807) is 6.20 Å². The molecule has 16 heavy (non-hydrogen) atoms. The van der Waals surface area contributed by atoms with Gasteiger partial charge >= 0.3 is 0 Å². The third-order valence-corrected chi connectivity index (χ3v) is 2.41. The van der Waals surface area contributed by atoms with Crippen LogP contribution in [0.2, 0.25) is 0 Å². The molecule has 0 radical (unpaired) electrons. The number of Topliss-reactive ketones (excluding diaryl/α,β-unsaturated/α-hetero) is 1. The molecule has 0 fully saturated rings. The number of rotatable bonds is 3. The van der Waals surface area contributed by atoms with E-state index in [0.717, 1.165) is 16.8 Å². The van der Waals surface area contributed by atoms with E-state index in [-0.39, 0.29) is 5.78 Å². The van der Waals surface area contributed by atoms with E-state index in [0.29, 0.717) is 6.42 Å². The van der Waals surface area contributed by atoms with E-state index in [1.165, 1.54) is 0 Å². The molecule has 0 aliphatic rings. The van der Waals surface area contributed by atoms with Crippen molar-refractivity contribution in [1.29, 1.82) is 0 Å².